The smallest absolute Gasteiger partial charge is 0.121 e. The fourth-order valence-electron chi connectivity index (χ4n) is 3.17. The number of phenolic OH excluding ortho intramolecular Hbond substituents is 1. The highest BCUT2D eigenvalue weighted by Crippen LogP contribution is 2.31. The molecule has 0 spiro atoms. The van der Waals surface area contributed by atoms with Crippen LogP contribution in [0, 0.1) is 6.92 Å². The SMILES string of the molecule is Cc1cc(OCc2ccccc2)cc(Cl)c1Cc1ccc(O)c(C(C)C)c1. The van der Waals surface area contributed by atoms with Crippen LogP contribution in [-0.2, 0) is 13.0 Å². The standard InChI is InChI=1S/C24H25ClO2/c1-16(2)21-12-19(9-10-24(21)26)13-22-17(3)11-20(14-23(22)25)27-15-18-7-5-4-6-8-18/h4-12,14,16,26H,13,15H2,1-3H3. The molecule has 0 aliphatic rings. The summed E-state index contributed by atoms with van der Waals surface area (Å²) in [6.07, 6.45) is 0.726. The van der Waals surface area contributed by atoms with Crippen LogP contribution < -0.4 is 4.74 Å². The van der Waals surface area contributed by atoms with E-state index in [4.69, 9.17) is 16.3 Å². The molecule has 27 heavy (non-hydrogen) atoms. The first-order valence-electron chi connectivity index (χ1n) is 9.21. The van der Waals surface area contributed by atoms with Crippen molar-refractivity contribution in [3.63, 3.8) is 0 Å². The summed E-state index contributed by atoms with van der Waals surface area (Å²) in [4.78, 5) is 0. The molecule has 2 nitrogen and oxygen atoms in total. The molecule has 0 amide bonds. The van der Waals surface area contributed by atoms with Gasteiger partial charge in [0.1, 0.15) is 18.1 Å². The molecule has 0 unspecified atom stereocenters. The predicted molar refractivity (Wildman–Crippen MR) is 112 cm³/mol. The van der Waals surface area contributed by atoms with Crippen LogP contribution in [0.5, 0.6) is 11.5 Å². The fraction of sp³-hybridized carbons (Fsp3) is 0.250. The van der Waals surface area contributed by atoms with Crippen molar-refractivity contribution < 1.29 is 9.84 Å². The molecule has 3 aromatic carbocycles. The van der Waals surface area contributed by atoms with E-state index in [1.165, 1.54) is 0 Å². The van der Waals surface area contributed by atoms with E-state index in [9.17, 15) is 5.11 Å². The number of benzene rings is 3. The summed E-state index contributed by atoms with van der Waals surface area (Å²) < 4.78 is 5.91. The number of hydrogen-bond donors (Lipinski definition) is 1. The van der Waals surface area contributed by atoms with Crippen molar-refractivity contribution in [2.75, 3.05) is 0 Å². The van der Waals surface area contributed by atoms with Crippen LogP contribution in [0.2, 0.25) is 5.02 Å². The number of hydrogen-bond acceptors (Lipinski definition) is 2. The zero-order valence-corrected chi connectivity index (χ0v) is 16.8. The second kappa shape index (κ2) is 8.49. The Morgan fingerprint density at radius 1 is 0.963 bits per heavy atom. The van der Waals surface area contributed by atoms with E-state index in [1.54, 1.807) is 6.07 Å². The van der Waals surface area contributed by atoms with Crippen molar-refractivity contribution in [2.45, 2.75) is 39.7 Å². The monoisotopic (exact) mass is 380 g/mol. The second-order valence-electron chi connectivity index (χ2n) is 7.20. The highest BCUT2D eigenvalue weighted by molar-refractivity contribution is 6.31. The highest BCUT2D eigenvalue weighted by atomic mass is 35.5. The Morgan fingerprint density at radius 3 is 2.37 bits per heavy atom. The molecule has 0 fully saturated rings. The Kier molecular flexibility index (Phi) is 6.08. The minimum Gasteiger partial charge on any atom is -0.508 e. The van der Waals surface area contributed by atoms with Crippen molar-refractivity contribution >= 4 is 11.6 Å². The molecule has 0 heterocycles. The minimum absolute atomic E-state index is 0.273. The van der Waals surface area contributed by atoms with E-state index in [0.29, 0.717) is 17.4 Å². The van der Waals surface area contributed by atoms with E-state index in [2.05, 4.69) is 26.8 Å². The molecule has 0 saturated carbocycles. The van der Waals surface area contributed by atoms with Gasteiger partial charge in [0.05, 0.1) is 0 Å². The Balaban J connectivity index is 1.78. The van der Waals surface area contributed by atoms with Crippen molar-refractivity contribution in [3.05, 3.63) is 93.5 Å². The van der Waals surface area contributed by atoms with Gasteiger partial charge in [-0.25, -0.2) is 0 Å². The van der Waals surface area contributed by atoms with E-state index < -0.39 is 0 Å². The lowest BCUT2D eigenvalue weighted by molar-refractivity contribution is 0.306. The number of phenols is 1. The van der Waals surface area contributed by atoms with E-state index in [0.717, 1.165) is 40.0 Å². The number of aromatic hydroxyl groups is 1. The Labute approximate surface area is 166 Å². The van der Waals surface area contributed by atoms with Crippen molar-refractivity contribution in [1.29, 1.82) is 0 Å². The van der Waals surface area contributed by atoms with Gasteiger partial charge in [-0.05, 0) is 65.3 Å². The lowest BCUT2D eigenvalue weighted by atomic mass is 9.95. The lowest BCUT2D eigenvalue weighted by Gasteiger charge is -2.15. The van der Waals surface area contributed by atoms with Gasteiger partial charge < -0.3 is 9.84 Å². The van der Waals surface area contributed by atoms with Crippen LogP contribution >= 0.6 is 11.6 Å². The zero-order valence-electron chi connectivity index (χ0n) is 16.0. The van der Waals surface area contributed by atoms with E-state index in [1.807, 2.05) is 48.5 Å². The Morgan fingerprint density at radius 2 is 1.70 bits per heavy atom. The van der Waals surface area contributed by atoms with Crippen LogP contribution in [0.3, 0.4) is 0 Å². The van der Waals surface area contributed by atoms with Crippen LogP contribution in [0.25, 0.3) is 0 Å². The molecule has 0 bridgehead atoms. The average Bonchev–Trinajstić information content (AvgIpc) is 2.65. The maximum atomic E-state index is 10.0. The molecule has 3 aromatic rings. The molecule has 0 aliphatic heterocycles. The highest BCUT2D eigenvalue weighted by Gasteiger charge is 2.12. The van der Waals surface area contributed by atoms with E-state index in [-0.39, 0.29) is 5.92 Å². The van der Waals surface area contributed by atoms with E-state index >= 15 is 0 Å². The van der Waals surface area contributed by atoms with Crippen molar-refractivity contribution in [2.24, 2.45) is 0 Å². The first kappa shape index (κ1) is 19.3. The maximum Gasteiger partial charge on any atom is 0.121 e. The van der Waals surface area contributed by atoms with Gasteiger partial charge in [0.2, 0.25) is 0 Å². The molecule has 0 aromatic heterocycles. The Bertz CT molecular complexity index is 894. The van der Waals surface area contributed by atoms with Crippen LogP contribution in [0.1, 0.15) is 47.6 Å². The number of rotatable bonds is 6. The quantitative estimate of drug-likeness (QED) is 0.518. The van der Waals surface area contributed by atoms with Crippen LogP contribution in [-0.4, -0.2) is 5.11 Å². The molecule has 140 valence electrons. The van der Waals surface area contributed by atoms with Gasteiger partial charge >= 0.3 is 0 Å². The summed E-state index contributed by atoms with van der Waals surface area (Å²) in [5, 5.41) is 10.7. The molecule has 0 aliphatic carbocycles. The fourth-order valence-corrected chi connectivity index (χ4v) is 3.49. The summed E-state index contributed by atoms with van der Waals surface area (Å²) in [5.41, 5.74) is 5.41. The number of halogens is 1. The van der Waals surface area contributed by atoms with Gasteiger partial charge in [0.25, 0.3) is 0 Å². The topological polar surface area (TPSA) is 29.5 Å². The molecule has 0 saturated heterocycles. The molecule has 0 atom stereocenters. The van der Waals surface area contributed by atoms with Gasteiger partial charge in [-0.15, -0.1) is 0 Å². The lowest BCUT2D eigenvalue weighted by Crippen LogP contribution is -1.99. The van der Waals surface area contributed by atoms with Crippen molar-refractivity contribution in [1.82, 2.24) is 0 Å². The molecular weight excluding hydrogens is 356 g/mol. The molecule has 3 heteroatoms. The van der Waals surface area contributed by atoms with Gasteiger partial charge in [-0.2, -0.15) is 0 Å². The average molecular weight is 381 g/mol. The largest absolute Gasteiger partial charge is 0.508 e. The third-order valence-electron chi connectivity index (χ3n) is 4.74. The Hall–Kier alpha value is -2.45. The van der Waals surface area contributed by atoms with Crippen molar-refractivity contribution in [3.8, 4) is 11.5 Å². The summed E-state index contributed by atoms with van der Waals surface area (Å²) in [5.74, 6) is 1.40. The minimum atomic E-state index is 0.273. The second-order valence-corrected chi connectivity index (χ2v) is 7.61. The summed E-state index contributed by atoms with van der Waals surface area (Å²) in [6, 6.07) is 19.8. The van der Waals surface area contributed by atoms with Gasteiger partial charge in [0.15, 0.2) is 0 Å². The first-order valence-corrected chi connectivity index (χ1v) is 9.59. The maximum absolute atomic E-state index is 10.0. The third-order valence-corrected chi connectivity index (χ3v) is 5.07. The summed E-state index contributed by atoms with van der Waals surface area (Å²) >= 11 is 6.57. The zero-order chi connectivity index (χ0) is 19.4. The van der Waals surface area contributed by atoms with Crippen LogP contribution in [0.15, 0.2) is 60.7 Å². The van der Waals surface area contributed by atoms with Gasteiger partial charge in [-0.1, -0.05) is 67.9 Å². The third kappa shape index (κ3) is 4.84. The molecule has 1 N–H and O–H groups in total. The first-order chi connectivity index (χ1) is 12.9. The molecule has 0 radical (unpaired) electrons. The molecule has 3 rings (SSSR count). The summed E-state index contributed by atoms with van der Waals surface area (Å²) in [6.45, 7) is 6.73. The van der Waals surface area contributed by atoms with Gasteiger partial charge in [-0.3, -0.25) is 0 Å². The predicted octanol–water partition coefficient (Wildman–Crippen LogP) is 6.65. The van der Waals surface area contributed by atoms with Gasteiger partial charge in [0, 0.05) is 5.02 Å². The normalized spacial score (nSPS) is 11.0. The molecular formula is C24H25ClO2. The summed E-state index contributed by atoms with van der Waals surface area (Å²) in [7, 11) is 0. The number of ether oxygens (including phenoxy) is 1. The number of aryl methyl sites for hydroxylation is 1. The van der Waals surface area contributed by atoms with Crippen LogP contribution in [0.4, 0.5) is 0 Å².